The number of likely N-dealkylation sites (tertiary alicyclic amines) is 1. The quantitative estimate of drug-likeness (QED) is 0.351. The number of methoxy groups -OCH3 is 2. The van der Waals surface area contributed by atoms with Crippen molar-refractivity contribution >= 4 is 17.4 Å². The molecule has 1 amide bonds. The van der Waals surface area contributed by atoms with Gasteiger partial charge < -0.3 is 19.5 Å². The molecule has 0 unspecified atom stereocenters. The fraction of sp³-hybridized carbons (Fsp3) is 0.192. The predicted octanol–water partition coefficient (Wildman–Crippen LogP) is 4.03. The molecule has 2 heterocycles. The number of pyridine rings is 1. The number of Topliss-reactive ketones (excluding diaryl/α,β-unsaturated/α-hetero) is 1. The molecule has 4 rings (SSSR count). The Morgan fingerprint density at radius 1 is 1.06 bits per heavy atom. The SMILES string of the molecule is COc1ccc(C(O)=C2C(=O)C(=O)N(Cc3cccnc3)[C@H]2c2ccccc2OC)c(C)c1. The molecular formula is C26H24N2O5. The van der Waals surface area contributed by atoms with E-state index in [1.54, 1.807) is 68.9 Å². The Bertz CT molecular complexity index is 1240. The van der Waals surface area contributed by atoms with Crippen LogP contribution in [0.1, 0.15) is 28.3 Å². The zero-order chi connectivity index (χ0) is 23.5. The molecule has 1 aliphatic heterocycles. The first-order valence-electron chi connectivity index (χ1n) is 10.4. The molecule has 7 nitrogen and oxygen atoms in total. The molecule has 2 aromatic carbocycles. The number of aromatic nitrogens is 1. The molecule has 0 spiro atoms. The summed E-state index contributed by atoms with van der Waals surface area (Å²) in [6, 6.07) is 15.1. The number of hydrogen-bond acceptors (Lipinski definition) is 6. The van der Waals surface area contributed by atoms with Crippen LogP contribution in [0.5, 0.6) is 11.5 Å². The highest BCUT2D eigenvalue weighted by Gasteiger charge is 2.47. The fourth-order valence-corrected chi connectivity index (χ4v) is 4.12. The van der Waals surface area contributed by atoms with Gasteiger partial charge >= 0.3 is 0 Å². The molecule has 1 N–H and O–H groups in total. The zero-order valence-electron chi connectivity index (χ0n) is 18.6. The fourth-order valence-electron chi connectivity index (χ4n) is 4.12. The van der Waals surface area contributed by atoms with Crippen molar-refractivity contribution in [2.45, 2.75) is 19.5 Å². The standard InChI is InChI=1S/C26H24N2O5/c1-16-13-18(32-2)10-11-19(16)24(29)22-23(20-8-4-5-9-21(20)33-3)28(26(31)25(22)30)15-17-7-6-12-27-14-17/h4-14,23,29H,15H2,1-3H3/t23-/m0/s1. The highest BCUT2D eigenvalue weighted by molar-refractivity contribution is 6.46. The van der Waals surface area contributed by atoms with E-state index in [-0.39, 0.29) is 17.9 Å². The van der Waals surface area contributed by atoms with Crippen LogP contribution in [0.4, 0.5) is 0 Å². The molecule has 0 saturated carbocycles. The Morgan fingerprint density at radius 3 is 2.52 bits per heavy atom. The van der Waals surface area contributed by atoms with Crippen LogP contribution in [-0.4, -0.2) is 40.9 Å². The van der Waals surface area contributed by atoms with E-state index in [1.807, 2.05) is 12.1 Å². The Morgan fingerprint density at radius 2 is 1.85 bits per heavy atom. The lowest BCUT2D eigenvalue weighted by Crippen LogP contribution is -2.29. The van der Waals surface area contributed by atoms with Gasteiger partial charge in [0.1, 0.15) is 17.3 Å². The Balaban J connectivity index is 1.91. The molecule has 1 atom stereocenters. The van der Waals surface area contributed by atoms with Gasteiger partial charge in [-0.2, -0.15) is 0 Å². The summed E-state index contributed by atoms with van der Waals surface area (Å²) in [6.07, 6.45) is 3.29. The summed E-state index contributed by atoms with van der Waals surface area (Å²) >= 11 is 0. The van der Waals surface area contributed by atoms with Crippen molar-refractivity contribution in [1.82, 2.24) is 9.88 Å². The molecule has 33 heavy (non-hydrogen) atoms. The molecule has 1 aliphatic rings. The number of aryl methyl sites for hydroxylation is 1. The van der Waals surface area contributed by atoms with Gasteiger partial charge in [-0.15, -0.1) is 0 Å². The summed E-state index contributed by atoms with van der Waals surface area (Å²) in [5.74, 6) is -0.539. The lowest BCUT2D eigenvalue weighted by atomic mass is 9.93. The minimum absolute atomic E-state index is 0.0154. The van der Waals surface area contributed by atoms with Crippen molar-refractivity contribution in [2.75, 3.05) is 14.2 Å². The minimum Gasteiger partial charge on any atom is -0.507 e. The van der Waals surface area contributed by atoms with Crippen LogP contribution >= 0.6 is 0 Å². The van der Waals surface area contributed by atoms with E-state index in [4.69, 9.17) is 9.47 Å². The van der Waals surface area contributed by atoms with Crippen molar-refractivity contribution in [3.05, 3.63) is 94.8 Å². The van der Waals surface area contributed by atoms with E-state index in [1.165, 1.54) is 12.0 Å². The highest BCUT2D eigenvalue weighted by Crippen LogP contribution is 2.43. The number of aliphatic hydroxyl groups is 1. The van der Waals surface area contributed by atoms with Crippen molar-refractivity contribution in [1.29, 1.82) is 0 Å². The van der Waals surface area contributed by atoms with Gasteiger partial charge in [-0.05, 0) is 48.4 Å². The van der Waals surface area contributed by atoms with Gasteiger partial charge in [-0.1, -0.05) is 24.3 Å². The van der Waals surface area contributed by atoms with Gasteiger partial charge in [0.05, 0.1) is 25.8 Å². The van der Waals surface area contributed by atoms with Crippen LogP contribution in [0.15, 0.2) is 72.6 Å². The zero-order valence-corrected chi connectivity index (χ0v) is 18.6. The first-order chi connectivity index (χ1) is 16.0. The average Bonchev–Trinajstić information content (AvgIpc) is 3.09. The van der Waals surface area contributed by atoms with Crippen molar-refractivity contribution in [3.8, 4) is 11.5 Å². The number of hydrogen-bond donors (Lipinski definition) is 1. The maximum absolute atomic E-state index is 13.2. The van der Waals surface area contributed by atoms with Gasteiger partial charge in [0.2, 0.25) is 0 Å². The summed E-state index contributed by atoms with van der Waals surface area (Å²) in [5, 5.41) is 11.3. The molecule has 3 aromatic rings. The Labute approximate surface area is 191 Å². The summed E-state index contributed by atoms with van der Waals surface area (Å²) < 4.78 is 10.8. The van der Waals surface area contributed by atoms with E-state index in [2.05, 4.69) is 4.98 Å². The number of para-hydroxylation sites is 1. The van der Waals surface area contributed by atoms with Crippen LogP contribution in [0.25, 0.3) is 5.76 Å². The smallest absolute Gasteiger partial charge is 0.295 e. The monoisotopic (exact) mass is 444 g/mol. The summed E-state index contributed by atoms with van der Waals surface area (Å²) in [7, 11) is 3.08. The van der Waals surface area contributed by atoms with Crippen LogP contribution in [-0.2, 0) is 16.1 Å². The first kappa shape index (κ1) is 22.1. The van der Waals surface area contributed by atoms with E-state index < -0.39 is 17.7 Å². The van der Waals surface area contributed by atoms with Crippen LogP contribution < -0.4 is 9.47 Å². The van der Waals surface area contributed by atoms with Gasteiger partial charge in [-0.25, -0.2) is 0 Å². The predicted molar refractivity (Wildman–Crippen MR) is 123 cm³/mol. The summed E-state index contributed by atoms with van der Waals surface area (Å²) in [5.41, 5.74) is 2.55. The van der Waals surface area contributed by atoms with Crippen molar-refractivity contribution < 1.29 is 24.2 Å². The number of nitrogens with zero attached hydrogens (tertiary/aromatic N) is 2. The molecule has 168 valence electrons. The molecule has 0 aliphatic carbocycles. The second-order valence-corrected chi connectivity index (χ2v) is 7.71. The minimum atomic E-state index is -0.831. The number of aliphatic hydroxyl groups excluding tert-OH is 1. The largest absolute Gasteiger partial charge is 0.507 e. The van der Waals surface area contributed by atoms with Gasteiger partial charge in [0.25, 0.3) is 11.7 Å². The van der Waals surface area contributed by atoms with Gasteiger partial charge in [-0.3, -0.25) is 14.6 Å². The molecule has 7 heteroatoms. The normalized spacial score (nSPS) is 17.3. The second-order valence-electron chi connectivity index (χ2n) is 7.71. The number of carbonyl (C=O) groups is 2. The number of rotatable bonds is 6. The van der Waals surface area contributed by atoms with Crippen LogP contribution in [0, 0.1) is 6.92 Å². The molecule has 1 saturated heterocycles. The van der Waals surface area contributed by atoms with Crippen LogP contribution in [0.2, 0.25) is 0 Å². The Kier molecular flexibility index (Phi) is 6.13. The summed E-state index contributed by atoms with van der Waals surface area (Å²) in [6.45, 7) is 1.96. The number of ether oxygens (including phenoxy) is 2. The number of benzene rings is 2. The number of carbonyl (C=O) groups excluding carboxylic acids is 2. The van der Waals surface area contributed by atoms with Gasteiger partial charge in [0.15, 0.2) is 0 Å². The lowest BCUT2D eigenvalue weighted by Gasteiger charge is -2.26. The topological polar surface area (TPSA) is 89.0 Å². The van der Waals surface area contributed by atoms with Crippen LogP contribution in [0.3, 0.4) is 0 Å². The number of amides is 1. The third-order valence-corrected chi connectivity index (χ3v) is 5.74. The lowest BCUT2D eigenvalue weighted by molar-refractivity contribution is -0.140. The molecular weight excluding hydrogens is 420 g/mol. The molecule has 0 radical (unpaired) electrons. The van der Waals surface area contributed by atoms with Gasteiger partial charge in [0, 0.05) is 30.1 Å². The third kappa shape index (κ3) is 4.05. The van der Waals surface area contributed by atoms with E-state index in [9.17, 15) is 14.7 Å². The Hall–Kier alpha value is -4.13. The third-order valence-electron chi connectivity index (χ3n) is 5.74. The molecule has 1 fully saturated rings. The first-order valence-corrected chi connectivity index (χ1v) is 10.4. The van der Waals surface area contributed by atoms with E-state index in [0.717, 1.165) is 5.56 Å². The second kappa shape index (κ2) is 9.16. The van der Waals surface area contributed by atoms with E-state index in [0.29, 0.717) is 28.2 Å². The highest BCUT2D eigenvalue weighted by atomic mass is 16.5. The summed E-state index contributed by atoms with van der Waals surface area (Å²) in [4.78, 5) is 32.0. The van der Waals surface area contributed by atoms with Crippen molar-refractivity contribution in [3.63, 3.8) is 0 Å². The average molecular weight is 444 g/mol. The van der Waals surface area contributed by atoms with Crippen molar-refractivity contribution in [2.24, 2.45) is 0 Å². The maximum atomic E-state index is 13.2. The van der Waals surface area contributed by atoms with E-state index >= 15 is 0 Å². The number of ketones is 1. The molecule has 0 bridgehead atoms. The maximum Gasteiger partial charge on any atom is 0.295 e. The molecule has 1 aromatic heterocycles.